The molecule has 29 heavy (non-hydrogen) atoms. The lowest BCUT2D eigenvalue weighted by molar-refractivity contribution is -0.131. The highest BCUT2D eigenvalue weighted by Crippen LogP contribution is 2.21. The van der Waals surface area contributed by atoms with E-state index in [4.69, 9.17) is 16.0 Å². The lowest BCUT2D eigenvalue weighted by Gasteiger charge is -2.36. The van der Waals surface area contributed by atoms with E-state index in [2.05, 4.69) is 4.90 Å². The van der Waals surface area contributed by atoms with Crippen LogP contribution in [0.3, 0.4) is 0 Å². The molecule has 0 spiro atoms. The van der Waals surface area contributed by atoms with Gasteiger partial charge in [0.15, 0.2) is 0 Å². The molecule has 0 atom stereocenters. The SMILES string of the molecule is CCCN(CCC(=O)N1CCN(c2cccc(Cl)c2)CC1)C(=O)c1ccoc1C. The van der Waals surface area contributed by atoms with E-state index in [9.17, 15) is 9.59 Å². The van der Waals surface area contributed by atoms with E-state index in [1.165, 1.54) is 6.26 Å². The van der Waals surface area contributed by atoms with Gasteiger partial charge in [0.2, 0.25) is 5.91 Å². The lowest BCUT2D eigenvalue weighted by Crippen LogP contribution is -2.49. The minimum Gasteiger partial charge on any atom is -0.469 e. The van der Waals surface area contributed by atoms with Gasteiger partial charge in [-0.2, -0.15) is 0 Å². The Morgan fingerprint density at radius 1 is 1.14 bits per heavy atom. The zero-order valence-electron chi connectivity index (χ0n) is 17.1. The van der Waals surface area contributed by atoms with Gasteiger partial charge in [-0.25, -0.2) is 0 Å². The summed E-state index contributed by atoms with van der Waals surface area (Å²) in [6.07, 6.45) is 2.70. The average Bonchev–Trinajstić information content (AvgIpc) is 3.16. The molecule has 7 heteroatoms. The Bertz CT molecular complexity index is 843. The van der Waals surface area contributed by atoms with E-state index in [1.54, 1.807) is 17.9 Å². The summed E-state index contributed by atoms with van der Waals surface area (Å²) in [5.41, 5.74) is 1.65. The molecule has 6 nitrogen and oxygen atoms in total. The van der Waals surface area contributed by atoms with Crippen LogP contribution in [0.1, 0.15) is 35.9 Å². The zero-order valence-corrected chi connectivity index (χ0v) is 17.8. The van der Waals surface area contributed by atoms with Crippen LogP contribution in [0.2, 0.25) is 5.02 Å². The molecule has 2 amide bonds. The van der Waals surface area contributed by atoms with Gasteiger partial charge in [0.25, 0.3) is 5.91 Å². The third kappa shape index (κ3) is 5.32. The van der Waals surface area contributed by atoms with E-state index in [0.29, 0.717) is 43.9 Å². The van der Waals surface area contributed by atoms with Gasteiger partial charge in [-0.15, -0.1) is 0 Å². The standard InChI is InChI=1S/C22H28ClN3O3/c1-3-9-26(22(28)20-8-15-29-17(20)2)10-7-21(27)25-13-11-24(12-14-25)19-6-4-5-18(23)16-19/h4-6,8,15-16H,3,7,9-14H2,1-2H3. The van der Waals surface area contributed by atoms with Crippen LogP contribution in [-0.2, 0) is 4.79 Å². The van der Waals surface area contributed by atoms with E-state index >= 15 is 0 Å². The molecule has 2 aromatic rings. The third-order valence-electron chi connectivity index (χ3n) is 5.27. The maximum atomic E-state index is 12.8. The van der Waals surface area contributed by atoms with Gasteiger partial charge in [0, 0.05) is 56.4 Å². The molecule has 1 fully saturated rings. The zero-order chi connectivity index (χ0) is 20.8. The van der Waals surface area contributed by atoms with Crippen LogP contribution in [-0.4, -0.2) is 60.9 Å². The minimum absolute atomic E-state index is 0.0725. The molecule has 0 aliphatic carbocycles. The Morgan fingerprint density at radius 2 is 1.90 bits per heavy atom. The number of furan rings is 1. The number of rotatable bonds is 7. The molecular weight excluding hydrogens is 390 g/mol. The Labute approximate surface area is 177 Å². The molecule has 3 rings (SSSR count). The van der Waals surface area contributed by atoms with Crippen molar-refractivity contribution in [1.29, 1.82) is 0 Å². The summed E-state index contributed by atoms with van der Waals surface area (Å²) in [7, 11) is 0. The average molecular weight is 418 g/mol. The first kappa shape index (κ1) is 21.2. The van der Waals surface area contributed by atoms with Gasteiger partial charge in [0.05, 0.1) is 11.8 Å². The number of anilines is 1. The molecule has 156 valence electrons. The van der Waals surface area contributed by atoms with Crippen molar-refractivity contribution in [3.05, 3.63) is 52.9 Å². The number of aryl methyl sites for hydroxylation is 1. The van der Waals surface area contributed by atoms with Crippen molar-refractivity contribution in [2.24, 2.45) is 0 Å². The first-order valence-electron chi connectivity index (χ1n) is 10.1. The topological polar surface area (TPSA) is 57.0 Å². The Morgan fingerprint density at radius 3 is 2.52 bits per heavy atom. The van der Waals surface area contributed by atoms with E-state index in [1.807, 2.05) is 36.1 Å². The van der Waals surface area contributed by atoms with E-state index in [-0.39, 0.29) is 11.8 Å². The molecular formula is C22H28ClN3O3. The number of nitrogens with zero attached hydrogens (tertiary/aromatic N) is 3. The number of carbonyl (C=O) groups is 2. The highest BCUT2D eigenvalue weighted by Gasteiger charge is 2.24. The summed E-state index contributed by atoms with van der Waals surface area (Å²) >= 11 is 6.08. The summed E-state index contributed by atoms with van der Waals surface area (Å²) < 4.78 is 5.25. The predicted octanol–water partition coefficient (Wildman–Crippen LogP) is 3.83. The van der Waals surface area contributed by atoms with Crippen molar-refractivity contribution in [3.63, 3.8) is 0 Å². The van der Waals surface area contributed by atoms with Crippen molar-refractivity contribution in [3.8, 4) is 0 Å². The number of hydrogen-bond acceptors (Lipinski definition) is 4. The van der Waals surface area contributed by atoms with Gasteiger partial charge in [-0.05, 0) is 37.6 Å². The highest BCUT2D eigenvalue weighted by atomic mass is 35.5. The summed E-state index contributed by atoms with van der Waals surface area (Å²) in [5.74, 6) is 0.629. The molecule has 0 saturated carbocycles. The molecule has 1 aromatic carbocycles. The highest BCUT2D eigenvalue weighted by molar-refractivity contribution is 6.30. The summed E-state index contributed by atoms with van der Waals surface area (Å²) in [5, 5.41) is 0.717. The molecule has 0 N–H and O–H groups in total. The number of carbonyl (C=O) groups excluding carboxylic acids is 2. The van der Waals surface area contributed by atoms with Crippen molar-refractivity contribution < 1.29 is 14.0 Å². The molecule has 0 bridgehead atoms. The van der Waals surface area contributed by atoms with Gasteiger partial charge >= 0.3 is 0 Å². The van der Waals surface area contributed by atoms with Crippen molar-refractivity contribution >= 4 is 29.1 Å². The third-order valence-corrected chi connectivity index (χ3v) is 5.51. The summed E-state index contributed by atoms with van der Waals surface area (Å²) in [6.45, 7) is 7.75. The van der Waals surface area contributed by atoms with Gasteiger partial charge in [-0.3, -0.25) is 9.59 Å². The van der Waals surface area contributed by atoms with E-state index < -0.39 is 0 Å². The molecule has 1 aromatic heterocycles. The summed E-state index contributed by atoms with van der Waals surface area (Å²) in [6, 6.07) is 9.48. The molecule has 1 aliphatic rings. The fourth-order valence-corrected chi connectivity index (χ4v) is 3.82. The number of halogens is 1. The molecule has 0 radical (unpaired) electrons. The number of benzene rings is 1. The number of hydrogen-bond donors (Lipinski definition) is 0. The second-order valence-electron chi connectivity index (χ2n) is 7.28. The van der Waals surface area contributed by atoms with E-state index in [0.717, 1.165) is 30.2 Å². The Hall–Kier alpha value is -2.47. The van der Waals surface area contributed by atoms with Crippen LogP contribution in [0.5, 0.6) is 0 Å². The Balaban J connectivity index is 1.52. The number of piperazine rings is 1. The normalized spacial score (nSPS) is 14.2. The van der Waals surface area contributed by atoms with Crippen LogP contribution >= 0.6 is 11.6 Å². The molecule has 0 unspecified atom stereocenters. The number of amides is 2. The minimum atomic E-state index is -0.0725. The predicted molar refractivity (Wildman–Crippen MR) is 115 cm³/mol. The Kier molecular flexibility index (Phi) is 7.20. The molecule has 1 saturated heterocycles. The van der Waals surface area contributed by atoms with Gasteiger partial charge in [-0.1, -0.05) is 24.6 Å². The van der Waals surface area contributed by atoms with Gasteiger partial charge < -0.3 is 19.1 Å². The summed E-state index contributed by atoms with van der Waals surface area (Å²) in [4.78, 5) is 31.3. The van der Waals surface area contributed by atoms with Crippen LogP contribution in [0.4, 0.5) is 5.69 Å². The van der Waals surface area contributed by atoms with Crippen LogP contribution in [0.15, 0.2) is 41.0 Å². The quantitative estimate of drug-likeness (QED) is 0.687. The first-order valence-corrected chi connectivity index (χ1v) is 10.5. The van der Waals surface area contributed by atoms with Gasteiger partial charge in [0.1, 0.15) is 5.76 Å². The molecule has 2 heterocycles. The lowest BCUT2D eigenvalue weighted by atomic mass is 10.2. The smallest absolute Gasteiger partial charge is 0.257 e. The van der Waals surface area contributed by atoms with Crippen LogP contribution in [0.25, 0.3) is 0 Å². The second-order valence-corrected chi connectivity index (χ2v) is 7.72. The van der Waals surface area contributed by atoms with Crippen molar-refractivity contribution in [2.45, 2.75) is 26.7 Å². The first-order chi connectivity index (χ1) is 14.0. The van der Waals surface area contributed by atoms with Crippen molar-refractivity contribution in [2.75, 3.05) is 44.2 Å². The fourth-order valence-electron chi connectivity index (χ4n) is 3.64. The maximum absolute atomic E-state index is 12.8. The molecule has 1 aliphatic heterocycles. The second kappa shape index (κ2) is 9.83. The fraction of sp³-hybridized carbons (Fsp3) is 0.455. The van der Waals surface area contributed by atoms with Crippen molar-refractivity contribution in [1.82, 2.24) is 9.80 Å². The van der Waals surface area contributed by atoms with Crippen LogP contribution in [0, 0.1) is 6.92 Å². The maximum Gasteiger partial charge on any atom is 0.257 e. The van der Waals surface area contributed by atoms with Crippen LogP contribution < -0.4 is 4.90 Å². The monoisotopic (exact) mass is 417 g/mol. The largest absolute Gasteiger partial charge is 0.469 e.